The molecule has 22 heavy (non-hydrogen) atoms. The van der Waals surface area contributed by atoms with Crippen molar-refractivity contribution in [3.63, 3.8) is 0 Å². The van der Waals surface area contributed by atoms with E-state index in [1.807, 2.05) is 0 Å². The van der Waals surface area contributed by atoms with E-state index in [1.54, 1.807) is 18.2 Å². The van der Waals surface area contributed by atoms with Crippen LogP contribution in [-0.4, -0.2) is 14.3 Å². The molecule has 1 amide bonds. The zero-order chi connectivity index (χ0) is 15.9. The fraction of sp³-hybridized carbons (Fsp3) is 0.0714. The molecule has 2 aromatic rings. The molecule has 0 radical (unpaired) electrons. The van der Waals surface area contributed by atoms with Crippen molar-refractivity contribution in [2.75, 3.05) is 4.72 Å². The van der Waals surface area contributed by atoms with Crippen LogP contribution in [0, 0.1) is 0 Å². The minimum absolute atomic E-state index is 0.0111. The van der Waals surface area contributed by atoms with Crippen molar-refractivity contribution in [3.8, 4) is 0 Å². The minimum Gasteiger partial charge on any atom is -0.348 e. The Morgan fingerprint density at radius 1 is 1.05 bits per heavy atom. The molecule has 1 aliphatic rings. The summed E-state index contributed by atoms with van der Waals surface area (Å²) in [5.41, 5.74) is 1.24. The number of sulfonamides is 1. The van der Waals surface area contributed by atoms with Gasteiger partial charge in [-0.15, -0.1) is 0 Å². The highest BCUT2D eigenvalue weighted by atomic mass is 35.5. The van der Waals surface area contributed by atoms with E-state index in [0.29, 0.717) is 12.1 Å². The lowest BCUT2D eigenvalue weighted by molar-refractivity contribution is 0.0966. The first kappa shape index (κ1) is 15.1. The maximum absolute atomic E-state index is 12.5. The zero-order valence-corrected chi connectivity index (χ0v) is 13.4. The van der Waals surface area contributed by atoms with Gasteiger partial charge in [0.2, 0.25) is 0 Å². The van der Waals surface area contributed by atoms with E-state index in [4.69, 9.17) is 23.2 Å². The van der Waals surface area contributed by atoms with Gasteiger partial charge in [-0.3, -0.25) is 9.52 Å². The number of amides is 1. The van der Waals surface area contributed by atoms with Gasteiger partial charge in [0.1, 0.15) is 4.90 Å². The van der Waals surface area contributed by atoms with Crippen LogP contribution in [0.15, 0.2) is 41.3 Å². The predicted octanol–water partition coefficient (Wildman–Crippen LogP) is 3.04. The Balaban J connectivity index is 2.08. The van der Waals surface area contributed by atoms with Crippen molar-refractivity contribution in [1.82, 2.24) is 5.32 Å². The van der Waals surface area contributed by atoms with Gasteiger partial charge >= 0.3 is 0 Å². The lowest BCUT2D eigenvalue weighted by Crippen LogP contribution is -2.18. The van der Waals surface area contributed by atoms with E-state index in [-0.39, 0.29) is 26.5 Å². The maximum atomic E-state index is 12.5. The zero-order valence-electron chi connectivity index (χ0n) is 11.1. The summed E-state index contributed by atoms with van der Waals surface area (Å²) in [4.78, 5) is 11.6. The van der Waals surface area contributed by atoms with Crippen LogP contribution in [0.3, 0.4) is 0 Å². The van der Waals surface area contributed by atoms with Gasteiger partial charge in [-0.1, -0.05) is 41.4 Å². The monoisotopic (exact) mass is 356 g/mol. The molecule has 2 N–H and O–H groups in total. The fourth-order valence-electron chi connectivity index (χ4n) is 2.30. The Bertz CT molecular complexity index is 861. The molecular formula is C14H10Cl2N2O3S. The summed E-state index contributed by atoms with van der Waals surface area (Å²) in [6.07, 6.45) is 0. The molecule has 0 aromatic heterocycles. The van der Waals surface area contributed by atoms with E-state index < -0.39 is 10.0 Å². The van der Waals surface area contributed by atoms with Crippen LogP contribution in [0.1, 0.15) is 15.9 Å². The molecule has 5 nitrogen and oxygen atoms in total. The first-order valence-corrected chi connectivity index (χ1v) is 8.51. The lowest BCUT2D eigenvalue weighted by atomic mass is 10.1. The highest BCUT2D eigenvalue weighted by Gasteiger charge is 2.27. The number of hydrogen-bond donors (Lipinski definition) is 2. The summed E-state index contributed by atoms with van der Waals surface area (Å²) in [5, 5.41) is 2.67. The Labute approximate surface area is 137 Å². The highest BCUT2D eigenvalue weighted by molar-refractivity contribution is 7.93. The number of benzene rings is 2. The number of hydrogen-bond acceptors (Lipinski definition) is 3. The second-order valence-electron chi connectivity index (χ2n) is 4.68. The Hall–Kier alpha value is -1.76. The molecule has 1 heterocycles. The van der Waals surface area contributed by atoms with Crippen LogP contribution in [0.25, 0.3) is 0 Å². The predicted molar refractivity (Wildman–Crippen MR) is 84.9 cm³/mol. The van der Waals surface area contributed by atoms with Gasteiger partial charge in [-0.05, 0) is 23.8 Å². The smallest absolute Gasteiger partial charge is 0.264 e. The molecule has 3 rings (SSSR count). The summed E-state index contributed by atoms with van der Waals surface area (Å²) in [5.74, 6) is -0.321. The second kappa shape index (κ2) is 5.46. The number of fused-ring (bicyclic) bond motifs is 1. The lowest BCUT2D eigenvalue weighted by Gasteiger charge is -2.13. The third-order valence-corrected chi connectivity index (χ3v) is 5.57. The first-order chi connectivity index (χ1) is 10.4. The molecule has 0 atom stereocenters. The topological polar surface area (TPSA) is 75.3 Å². The van der Waals surface area contributed by atoms with Gasteiger partial charge in [0.05, 0.1) is 21.3 Å². The molecular weight excluding hydrogens is 347 g/mol. The van der Waals surface area contributed by atoms with Gasteiger partial charge < -0.3 is 5.32 Å². The van der Waals surface area contributed by atoms with E-state index in [9.17, 15) is 13.2 Å². The van der Waals surface area contributed by atoms with Crippen LogP contribution >= 0.6 is 23.2 Å². The second-order valence-corrected chi connectivity index (χ2v) is 7.11. The number of nitrogens with one attached hydrogen (secondary N) is 2. The van der Waals surface area contributed by atoms with Crippen molar-refractivity contribution in [1.29, 1.82) is 0 Å². The minimum atomic E-state index is -4.01. The average Bonchev–Trinajstić information content (AvgIpc) is 2.81. The van der Waals surface area contributed by atoms with Crippen LogP contribution < -0.4 is 10.0 Å². The standard InChI is InChI=1S/C14H10Cl2N2O3S/c15-9-4-2-5-10(16)13(9)22(20,21)18-11-6-1-3-8-7-17-14(19)12(8)11/h1-6,18H,7H2,(H,17,19). The molecule has 0 saturated carbocycles. The highest BCUT2D eigenvalue weighted by Crippen LogP contribution is 2.32. The van der Waals surface area contributed by atoms with Crippen LogP contribution in [-0.2, 0) is 16.6 Å². The number of rotatable bonds is 3. The molecule has 0 bridgehead atoms. The van der Waals surface area contributed by atoms with Gasteiger partial charge in [0.15, 0.2) is 0 Å². The van der Waals surface area contributed by atoms with Crippen LogP contribution in [0.2, 0.25) is 10.0 Å². The van der Waals surface area contributed by atoms with E-state index in [1.165, 1.54) is 18.2 Å². The van der Waals surface area contributed by atoms with Crippen molar-refractivity contribution < 1.29 is 13.2 Å². The van der Waals surface area contributed by atoms with Crippen LogP contribution in [0.5, 0.6) is 0 Å². The van der Waals surface area contributed by atoms with E-state index in [2.05, 4.69) is 10.0 Å². The average molecular weight is 357 g/mol. The SMILES string of the molecule is O=C1NCc2cccc(NS(=O)(=O)c3c(Cl)cccc3Cl)c21. The summed E-state index contributed by atoms with van der Waals surface area (Å²) in [6.45, 7) is 0.372. The Morgan fingerprint density at radius 3 is 2.36 bits per heavy atom. The third kappa shape index (κ3) is 2.54. The van der Waals surface area contributed by atoms with E-state index >= 15 is 0 Å². The number of carbonyl (C=O) groups excluding carboxylic acids is 1. The fourth-order valence-corrected chi connectivity index (χ4v) is 4.52. The van der Waals surface area contributed by atoms with Crippen molar-refractivity contribution in [3.05, 3.63) is 57.6 Å². The third-order valence-electron chi connectivity index (χ3n) is 3.25. The van der Waals surface area contributed by atoms with Crippen LogP contribution in [0.4, 0.5) is 5.69 Å². The largest absolute Gasteiger partial charge is 0.348 e. The molecule has 0 unspecified atom stereocenters. The van der Waals surface area contributed by atoms with E-state index in [0.717, 1.165) is 5.56 Å². The number of carbonyl (C=O) groups is 1. The van der Waals surface area contributed by atoms with Gasteiger partial charge in [-0.25, -0.2) is 8.42 Å². The quantitative estimate of drug-likeness (QED) is 0.887. The molecule has 1 aliphatic heterocycles. The molecule has 2 aromatic carbocycles. The molecule has 0 aliphatic carbocycles. The maximum Gasteiger partial charge on any atom is 0.264 e. The molecule has 114 valence electrons. The normalized spacial score (nSPS) is 13.6. The molecule has 8 heteroatoms. The Morgan fingerprint density at radius 2 is 1.68 bits per heavy atom. The summed E-state index contributed by atoms with van der Waals surface area (Å²) in [7, 11) is -4.01. The first-order valence-electron chi connectivity index (χ1n) is 6.27. The van der Waals surface area contributed by atoms with Gasteiger partial charge in [0, 0.05) is 6.54 Å². The summed E-state index contributed by atoms with van der Waals surface area (Å²) < 4.78 is 27.5. The van der Waals surface area contributed by atoms with Gasteiger partial charge in [-0.2, -0.15) is 0 Å². The molecule has 0 fully saturated rings. The van der Waals surface area contributed by atoms with Crippen molar-refractivity contribution in [2.24, 2.45) is 0 Å². The number of halogens is 2. The molecule has 0 spiro atoms. The number of anilines is 1. The summed E-state index contributed by atoms with van der Waals surface area (Å²) >= 11 is 11.9. The molecule has 0 saturated heterocycles. The van der Waals surface area contributed by atoms with Gasteiger partial charge in [0.25, 0.3) is 15.9 Å². The summed E-state index contributed by atoms with van der Waals surface area (Å²) in [6, 6.07) is 9.37. The van der Waals surface area contributed by atoms with Crippen molar-refractivity contribution in [2.45, 2.75) is 11.4 Å². The Kier molecular flexibility index (Phi) is 3.76. The van der Waals surface area contributed by atoms with Crippen molar-refractivity contribution >= 4 is 44.8 Å².